The number of rotatable bonds is 8. The molecule has 0 saturated carbocycles. The van der Waals surface area contributed by atoms with Gasteiger partial charge in [-0.2, -0.15) is 5.26 Å². The van der Waals surface area contributed by atoms with Crippen molar-refractivity contribution in [2.75, 3.05) is 6.61 Å². The molecule has 8 heteroatoms. The molecule has 3 rings (SSSR count). The third-order valence-corrected chi connectivity index (χ3v) is 5.78. The number of hydrogen-bond acceptors (Lipinski definition) is 5. The van der Waals surface area contributed by atoms with Gasteiger partial charge < -0.3 is 9.47 Å². The second-order valence-corrected chi connectivity index (χ2v) is 8.73. The highest BCUT2D eigenvalue weighted by Crippen LogP contribution is 2.36. The van der Waals surface area contributed by atoms with Crippen LogP contribution in [0.3, 0.4) is 0 Å². The average Bonchev–Trinajstić information content (AvgIpc) is 2.78. The maximum Gasteiger partial charge on any atom is 0.269 e. The first-order valence-electron chi connectivity index (χ1n) is 9.61. The predicted molar refractivity (Wildman–Crippen MR) is 135 cm³/mol. The summed E-state index contributed by atoms with van der Waals surface area (Å²) in [5, 5.41) is 20.5. The summed E-state index contributed by atoms with van der Waals surface area (Å²) in [4.78, 5) is 10.4. The van der Waals surface area contributed by atoms with Crippen LogP contribution in [0.1, 0.15) is 23.6 Å². The smallest absolute Gasteiger partial charge is 0.269 e. The first-order chi connectivity index (χ1) is 15.4. The number of nitriles is 1. The first kappa shape index (κ1) is 23.8. The molecule has 0 N–H and O–H groups in total. The molecule has 0 saturated heterocycles. The zero-order valence-electron chi connectivity index (χ0n) is 17.0. The molecule has 0 radical (unpaired) electrons. The van der Waals surface area contributed by atoms with Crippen molar-refractivity contribution in [3.05, 3.63) is 95.5 Å². The van der Waals surface area contributed by atoms with Gasteiger partial charge >= 0.3 is 0 Å². The minimum absolute atomic E-state index is 0.0218. The van der Waals surface area contributed by atoms with Crippen LogP contribution in [-0.2, 0) is 6.61 Å². The van der Waals surface area contributed by atoms with Crippen molar-refractivity contribution in [2.45, 2.75) is 13.5 Å². The molecule has 3 aromatic carbocycles. The quantitative estimate of drug-likeness (QED) is 0.0908. The topological polar surface area (TPSA) is 85.4 Å². The molecule has 3 aromatic rings. The molecule has 6 nitrogen and oxygen atoms in total. The van der Waals surface area contributed by atoms with E-state index in [0.29, 0.717) is 35.8 Å². The molecular formula is C24H18BrIN2O4. The van der Waals surface area contributed by atoms with Crippen molar-refractivity contribution in [3.8, 4) is 17.6 Å². The van der Waals surface area contributed by atoms with Gasteiger partial charge in [-0.15, -0.1) is 0 Å². The number of ether oxygens (including phenoxy) is 2. The van der Waals surface area contributed by atoms with Crippen molar-refractivity contribution in [1.29, 1.82) is 5.26 Å². The van der Waals surface area contributed by atoms with Crippen LogP contribution in [0, 0.1) is 25.0 Å². The third kappa shape index (κ3) is 6.08. The van der Waals surface area contributed by atoms with E-state index in [1.807, 2.05) is 43.3 Å². The van der Waals surface area contributed by atoms with E-state index in [1.54, 1.807) is 18.2 Å². The normalized spacial score (nSPS) is 11.0. The Labute approximate surface area is 207 Å². The van der Waals surface area contributed by atoms with Crippen LogP contribution in [0.25, 0.3) is 11.6 Å². The molecule has 0 spiro atoms. The fourth-order valence-corrected chi connectivity index (χ4v) is 3.97. The number of hydrogen-bond donors (Lipinski definition) is 0. The lowest BCUT2D eigenvalue weighted by atomic mass is 10.0. The van der Waals surface area contributed by atoms with E-state index >= 15 is 0 Å². The fraction of sp³-hybridized carbons (Fsp3) is 0.125. The predicted octanol–water partition coefficient (Wildman–Crippen LogP) is 7.00. The Bertz CT molecular complexity index is 1190. The fourth-order valence-electron chi connectivity index (χ4n) is 2.92. The summed E-state index contributed by atoms with van der Waals surface area (Å²) in [7, 11) is 0. The molecule has 0 aliphatic heterocycles. The lowest BCUT2D eigenvalue weighted by molar-refractivity contribution is -0.384. The zero-order chi connectivity index (χ0) is 23.1. The Kier molecular flexibility index (Phi) is 8.25. The zero-order valence-corrected chi connectivity index (χ0v) is 20.8. The minimum atomic E-state index is -0.469. The van der Waals surface area contributed by atoms with Gasteiger partial charge in [0.2, 0.25) is 0 Å². The molecule has 162 valence electrons. The maximum absolute atomic E-state index is 10.9. The maximum atomic E-state index is 10.9. The number of halogens is 2. The number of nitro groups is 1. The van der Waals surface area contributed by atoms with E-state index in [9.17, 15) is 15.4 Å². The van der Waals surface area contributed by atoms with E-state index < -0.39 is 4.92 Å². The Balaban J connectivity index is 1.90. The molecule has 0 fully saturated rings. The molecule has 0 heterocycles. The summed E-state index contributed by atoms with van der Waals surface area (Å²) in [6, 6.07) is 19.7. The molecule has 0 aromatic heterocycles. The highest BCUT2D eigenvalue weighted by Gasteiger charge is 2.13. The van der Waals surface area contributed by atoms with Gasteiger partial charge in [-0.1, -0.05) is 28.1 Å². The highest BCUT2D eigenvalue weighted by molar-refractivity contribution is 14.1. The molecule has 0 unspecified atom stereocenters. The number of benzene rings is 3. The first-order valence-corrected chi connectivity index (χ1v) is 11.5. The van der Waals surface area contributed by atoms with Crippen molar-refractivity contribution in [1.82, 2.24) is 0 Å². The second kappa shape index (κ2) is 11.1. The molecule has 0 aliphatic rings. The monoisotopic (exact) mass is 604 g/mol. The van der Waals surface area contributed by atoms with Crippen LogP contribution >= 0.6 is 38.5 Å². The van der Waals surface area contributed by atoms with Crippen molar-refractivity contribution in [2.24, 2.45) is 0 Å². The van der Waals surface area contributed by atoms with Gasteiger partial charge in [-0.25, -0.2) is 0 Å². The number of non-ortho nitro benzene ring substituents is 1. The van der Waals surface area contributed by atoms with Crippen LogP contribution in [-0.4, -0.2) is 11.5 Å². The molecule has 0 amide bonds. The summed E-state index contributed by atoms with van der Waals surface area (Å²) in [5.74, 6) is 1.23. The van der Waals surface area contributed by atoms with Gasteiger partial charge in [-0.3, -0.25) is 10.1 Å². The summed E-state index contributed by atoms with van der Waals surface area (Å²) in [5.41, 5.74) is 2.76. The molecule has 32 heavy (non-hydrogen) atoms. The van der Waals surface area contributed by atoms with Gasteiger partial charge in [0.05, 0.1) is 26.7 Å². The van der Waals surface area contributed by atoms with Crippen molar-refractivity contribution >= 4 is 55.9 Å². The van der Waals surface area contributed by atoms with Gasteiger partial charge in [0.25, 0.3) is 5.69 Å². The van der Waals surface area contributed by atoms with Crippen LogP contribution in [0.15, 0.2) is 65.1 Å². The third-order valence-electron chi connectivity index (χ3n) is 4.45. The second-order valence-electron chi connectivity index (χ2n) is 6.65. The summed E-state index contributed by atoms with van der Waals surface area (Å²) >= 11 is 5.61. The largest absolute Gasteiger partial charge is 0.490 e. The Morgan fingerprint density at radius 3 is 2.44 bits per heavy atom. The van der Waals surface area contributed by atoms with Gasteiger partial charge in [0, 0.05) is 16.6 Å². The highest BCUT2D eigenvalue weighted by atomic mass is 127. The van der Waals surface area contributed by atoms with E-state index in [-0.39, 0.29) is 5.69 Å². The van der Waals surface area contributed by atoms with Crippen LogP contribution in [0.2, 0.25) is 0 Å². The van der Waals surface area contributed by atoms with Gasteiger partial charge in [0.1, 0.15) is 6.61 Å². The minimum Gasteiger partial charge on any atom is -0.490 e. The summed E-state index contributed by atoms with van der Waals surface area (Å²) in [6.45, 7) is 2.75. The van der Waals surface area contributed by atoms with E-state index in [4.69, 9.17) is 9.47 Å². The lowest BCUT2D eigenvalue weighted by Gasteiger charge is -2.15. The number of nitro benzene ring substituents is 1. The van der Waals surface area contributed by atoms with Crippen LogP contribution < -0.4 is 9.47 Å². The Morgan fingerprint density at radius 1 is 1.16 bits per heavy atom. The summed E-state index contributed by atoms with van der Waals surface area (Å²) < 4.78 is 13.7. The van der Waals surface area contributed by atoms with Gasteiger partial charge in [0.15, 0.2) is 11.5 Å². The van der Waals surface area contributed by atoms with Crippen molar-refractivity contribution in [3.63, 3.8) is 0 Å². The van der Waals surface area contributed by atoms with Gasteiger partial charge in [-0.05, 0) is 88.7 Å². The Hall–Kier alpha value is -2.90. The molecular weight excluding hydrogens is 587 g/mol. The summed E-state index contributed by atoms with van der Waals surface area (Å²) in [6.07, 6.45) is 1.73. The van der Waals surface area contributed by atoms with Crippen LogP contribution in [0.4, 0.5) is 5.69 Å². The number of nitrogens with zero attached hydrogens (tertiary/aromatic N) is 2. The average molecular weight is 605 g/mol. The SMILES string of the molecule is CCOc1cc(/C=C(/C#N)c2ccc([N+](=O)[O-])cc2)cc(I)c1OCc1ccc(Br)cc1. The van der Waals surface area contributed by atoms with E-state index in [1.165, 1.54) is 12.1 Å². The standard InChI is InChI=1S/C24H18BrIN2O4/c1-2-31-23-13-17(11-19(14-27)18-5-9-21(10-6-18)28(29)30)12-22(26)24(23)32-15-16-3-7-20(25)8-4-16/h3-13H,2,15H2,1H3/b19-11-. The van der Waals surface area contributed by atoms with E-state index in [2.05, 4.69) is 44.6 Å². The Morgan fingerprint density at radius 2 is 1.84 bits per heavy atom. The molecule has 0 bridgehead atoms. The van der Waals surface area contributed by atoms with Crippen molar-refractivity contribution < 1.29 is 14.4 Å². The molecule has 0 aliphatic carbocycles. The number of allylic oxidation sites excluding steroid dienone is 1. The van der Waals surface area contributed by atoms with Crippen LogP contribution in [0.5, 0.6) is 11.5 Å². The lowest BCUT2D eigenvalue weighted by Crippen LogP contribution is -2.02. The van der Waals surface area contributed by atoms with E-state index in [0.717, 1.165) is 19.2 Å². The molecule has 0 atom stereocenters.